The zero-order valence-electron chi connectivity index (χ0n) is 11.1. The molecule has 0 unspecified atom stereocenters. The molecule has 0 aliphatic rings. The lowest BCUT2D eigenvalue weighted by Gasteiger charge is -2.07. The highest BCUT2D eigenvalue weighted by Gasteiger charge is 2.08. The number of hydrogen-bond donors (Lipinski definition) is 2. The summed E-state index contributed by atoms with van der Waals surface area (Å²) in [6, 6.07) is 3.64. The van der Waals surface area contributed by atoms with Crippen LogP contribution in [0.25, 0.3) is 0 Å². The van der Waals surface area contributed by atoms with Crippen LogP contribution in [-0.2, 0) is 17.8 Å². The van der Waals surface area contributed by atoms with Crippen LogP contribution in [0.4, 0.5) is 0 Å². The molecule has 0 saturated carbocycles. The third kappa shape index (κ3) is 3.52. The Labute approximate surface area is 120 Å². The molecule has 0 spiro atoms. The van der Waals surface area contributed by atoms with Crippen molar-refractivity contribution in [3.8, 4) is 0 Å². The first-order valence-corrected chi connectivity index (χ1v) is 6.99. The Morgan fingerprint density at radius 3 is 3.05 bits per heavy atom. The van der Waals surface area contributed by atoms with Gasteiger partial charge >= 0.3 is 0 Å². The van der Waals surface area contributed by atoms with Crippen LogP contribution in [0.2, 0.25) is 0 Å². The molecule has 0 aliphatic heterocycles. The first kappa shape index (κ1) is 14.4. The lowest BCUT2D eigenvalue weighted by atomic mass is 10.2. The average molecular weight is 292 g/mol. The molecule has 0 bridgehead atoms. The van der Waals surface area contributed by atoms with Crippen LogP contribution in [-0.4, -0.2) is 27.6 Å². The van der Waals surface area contributed by atoms with Gasteiger partial charge in [-0.1, -0.05) is 11.2 Å². The van der Waals surface area contributed by atoms with E-state index in [1.807, 2.05) is 18.5 Å². The van der Waals surface area contributed by atoms with Crippen molar-refractivity contribution in [2.45, 2.75) is 20.0 Å². The zero-order valence-corrected chi connectivity index (χ0v) is 11.9. The normalized spacial score (nSPS) is 11.8. The summed E-state index contributed by atoms with van der Waals surface area (Å²) in [6.07, 6.45) is 2.42. The predicted octanol–water partition coefficient (Wildman–Crippen LogP) is 1.70. The zero-order chi connectivity index (χ0) is 14.4. The maximum atomic E-state index is 8.72. The Morgan fingerprint density at radius 1 is 1.50 bits per heavy atom. The number of aryl methyl sites for hydroxylation is 1. The van der Waals surface area contributed by atoms with Crippen LogP contribution in [0.15, 0.2) is 29.0 Å². The van der Waals surface area contributed by atoms with E-state index in [4.69, 9.17) is 15.7 Å². The lowest BCUT2D eigenvalue weighted by molar-refractivity contribution is 0.124. The van der Waals surface area contributed by atoms with Crippen molar-refractivity contribution < 1.29 is 9.94 Å². The molecule has 0 aliphatic carbocycles. The van der Waals surface area contributed by atoms with Gasteiger partial charge in [-0.05, 0) is 13.0 Å². The third-order valence-corrected chi connectivity index (χ3v) is 3.81. The van der Waals surface area contributed by atoms with E-state index >= 15 is 0 Å². The van der Waals surface area contributed by atoms with Crippen molar-refractivity contribution in [1.82, 2.24) is 9.97 Å². The Morgan fingerprint density at radius 2 is 2.35 bits per heavy atom. The van der Waals surface area contributed by atoms with Crippen molar-refractivity contribution in [2.24, 2.45) is 10.9 Å². The van der Waals surface area contributed by atoms with E-state index in [9.17, 15) is 0 Å². The second-order valence-electron chi connectivity index (χ2n) is 4.16. The molecular weight excluding hydrogens is 276 g/mol. The molecule has 2 aromatic rings. The smallest absolute Gasteiger partial charge is 0.189 e. The van der Waals surface area contributed by atoms with Crippen LogP contribution in [0.3, 0.4) is 0 Å². The van der Waals surface area contributed by atoms with Crippen molar-refractivity contribution in [3.63, 3.8) is 0 Å². The van der Waals surface area contributed by atoms with E-state index in [-0.39, 0.29) is 5.84 Å². The topological polar surface area (TPSA) is 93.6 Å². The van der Waals surface area contributed by atoms with Gasteiger partial charge in [0.25, 0.3) is 0 Å². The maximum Gasteiger partial charge on any atom is 0.189 e. The molecule has 20 heavy (non-hydrogen) atoms. The number of thiazole rings is 1. The number of hydrogen-bond acceptors (Lipinski definition) is 6. The maximum absolute atomic E-state index is 8.72. The van der Waals surface area contributed by atoms with E-state index in [0.29, 0.717) is 18.9 Å². The van der Waals surface area contributed by atoms with Crippen molar-refractivity contribution in [2.75, 3.05) is 6.61 Å². The van der Waals surface area contributed by atoms with E-state index in [2.05, 4.69) is 15.1 Å². The molecule has 0 atom stereocenters. The summed E-state index contributed by atoms with van der Waals surface area (Å²) in [7, 11) is 0. The molecule has 7 heteroatoms. The minimum absolute atomic E-state index is 0.0116. The van der Waals surface area contributed by atoms with Gasteiger partial charge in [-0.3, -0.25) is 4.98 Å². The highest BCUT2D eigenvalue weighted by Crippen LogP contribution is 2.13. The van der Waals surface area contributed by atoms with Gasteiger partial charge in [0.2, 0.25) is 0 Å². The Balaban J connectivity index is 1.90. The summed E-state index contributed by atoms with van der Waals surface area (Å²) in [5.74, 6) is -0.0116. The summed E-state index contributed by atoms with van der Waals surface area (Å²) >= 11 is 1.63. The minimum atomic E-state index is -0.0116. The van der Waals surface area contributed by atoms with E-state index in [1.54, 1.807) is 23.6 Å². The molecule has 0 fully saturated rings. The number of oxime groups is 1. The fourth-order valence-corrected chi connectivity index (χ4v) is 2.51. The summed E-state index contributed by atoms with van der Waals surface area (Å²) in [4.78, 5) is 9.51. The van der Waals surface area contributed by atoms with Crippen LogP contribution < -0.4 is 5.73 Å². The molecule has 2 aromatic heterocycles. The summed E-state index contributed by atoms with van der Waals surface area (Å²) in [5, 5.41) is 11.7. The Hall–Kier alpha value is -1.99. The first-order valence-electron chi connectivity index (χ1n) is 6.11. The van der Waals surface area contributed by atoms with Gasteiger partial charge < -0.3 is 15.7 Å². The molecule has 0 amide bonds. The fourth-order valence-electron chi connectivity index (χ4n) is 1.75. The number of nitrogens with zero attached hydrogens (tertiary/aromatic N) is 3. The van der Waals surface area contributed by atoms with Gasteiger partial charge in [0, 0.05) is 23.1 Å². The minimum Gasteiger partial charge on any atom is -0.409 e. The largest absolute Gasteiger partial charge is 0.409 e. The number of amidine groups is 1. The van der Waals surface area contributed by atoms with Gasteiger partial charge in [-0.2, -0.15) is 0 Å². The van der Waals surface area contributed by atoms with Gasteiger partial charge in [0.05, 0.1) is 24.4 Å². The SMILES string of the molecule is Cc1ncsc1CCOCc1cccnc1C(N)=NO. The van der Waals surface area contributed by atoms with E-state index in [0.717, 1.165) is 17.7 Å². The average Bonchev–Trinajstić information content (AvgIpc) is 2.88. The van der Waals surface area contributed by atoms with Crippen LogP contribution >= 0.6 is 11.3 Å². The van der Waals surface area contributed by atoms with E-state index < -0.39 is 0 Å². The highest BCUT2D eigenvalue weighted by atomic mass is 32.1. The number of ether oxygens (including phenoxy) is 1. The molecular formula is C13H16N4O2S. The molecule has 2 rings (SSSR count). The van der Waals surface area contributed by atoms with Gasteiger partial charge in [-0.25, -0.2) is 4.98 Å². The summed E-state index contributed by atoms with van der Waals surface area (Å²) in [5.41, 5.74) is 9.70. The third-order valence-electron chi connectivity index (χ3n) is 2.82. The molecule has 6 nitrogen and oxygen atoms in total. The standard InChI is InChI=1S/C13H16N4O2S/c1-9-11(20-8-16-9)4-6-19-7-10-3-2-5-15-12(10)13(14)17-18/h2-3,5,8,18H,4,6-7H2,1H3,(H2,14,17). The van der Waals surface area contributed by atoms with Crippen LogP contribution in [0.1, 0.15) is 21.8 Å². The number of pyridine rings is 1. The highest BCUT2D eigenvalue weighted by molar-refractivity contribution is 7.09. The second kappa shape index (κ2) is 6.97. The van der Waals surface area contributed by atoms with Gasteiger partial charge in [0.1, 0.15) is 5.69 Å². The number of nitrogens with two attached hydrogens (primary N) is 1. The Kier molecular flexibility index (Phi) is 5.03. The van der Waals surface area contributed by atoms with E-state index in [1.165, 1.54) is 4.88 Å². The van der Waals surface area contributed by atoms with Gasteiger partial charge in [-0.15, -0.1) is 11.3 Å². The summed E-state index contributed by atoms with van der Waals surface area (Å²) in [6.45, 7) is 2.95. The predicted molar refractivity (Wildman–Crippen MR) is 77.0 cm³/mol. The van der Waals surface area contributed by atoms with Crippen molar-refractivity contribution in [3.05, 3.63) is 45.7 Å². The summed E-state index contributed by atoms with van der Waals surface area (Å²) < 4.78 is 5.63. The Bertz CT molecular complexity index is 598. The molecule has 2 heterocycles. The lowest BCUT2D eigenvalue weighted by Crippen LogP contribution is -2.18. The fraction of sp³-hybridized carbons (Fsp3) is 0.308. The monoisotopic (exact) mass is 292 g/mol. The van der Waals surface area contributed by atoms with Crippen molar-refractivity contribution in [1.29, 1.82) is 0 Å². The van der Waals surface area contributed by atoms with Crippen molar-refractivity contribution >= 4 is 17.2 Å². The number of aromatic nitrogens is 2. The molecule has 0 radical (unpaired) electrons. The second-order valence-corrected chi connectivity index (χ2v) is 5.10. The molecule has 0 aromatic carbocycles. The van der Waals surface area contributed by atoms with Crippen LogP contribution in [0.5, 0.6) is 0 Å². The van der Waals surface area contributed by atoms with Crippen LogP contribution in [0, 0.1) is 6.92 Å². The molecule has 0 saturated heterocycles. The quantitative estimate of drug-likeness (QED) is 0.278. The first-order chi connectivity index (χ1) is 9.72. The van der Waals surface area contributed by atoms with Gasteiger partial charge in [0.15, 0.2) is 5.84 Å². The molecule has 106 valence electrons. The number of rotatable bonds is 6. The molecule has 3 N–H and O–H groups in total.